The van der Waals surface area contributed by atoms with E-state index >= 15 is 0 Å². The summed E-state index contributed by atoms with van der Waals surface area (Å²) in [5.41, 5.74) is 1.29. The lowest BCUT2D eigenvalue weighted by Crippen LogP contribution is -2.25. The summed E-state index contributed by atoms with van der Waals surface area (Å²) in [6.45, 7) is -0.572. The molecule has 0 spiro atoms. The van der Waals surface area contributed by atoms with E-state index in [1.165, 1.54) is 18.3 Å². The summed E-state index contributed by atoms with van der Waals surface area (Å²) in [6.07, 6.45) is -0.935. The van der Waals surface area contributed by atoms with Crippen LogP contribution < -0.4 is 5.32 Å². The van der Waals surface area contributed by atoms with E-state index in [-0.39, 0.29) is 12.3 Å². The summed E-state index contributed by atoms with van der Waals surface area (Å²) in [6, 6.07) is 2.71. The number of nitrogens with one attached hydrogen (secondary N) is 1. The van der Waals surface area contributed by atoms with Crippen LogP contribution in [-0.4, -0.2) is 30.5 Å². The largest absolute Gasteiger partial charge is 0.456 e. The molecule has 0 radical (unpaired) electrons. The van der Waals surface area contributed by atoms with Gasteiger partial charge in [-0.2, -0.15) is 4.39 Å². The van der Waals surface area contributed by atoms with E-state index < -0.39 is 24.9 Å². The molecule has 102 valence electrons. The van der Waals surface area contributed by atoms with Crippen LogP contribution in [0.25, 0.3) is 0 Å². The van der Waals surface area contributed by atoms with Crippen LogP contribution in [0.3, 0.4) is 0 Å². The number of hydrogen-bond donors (Lipinski definition) is 1. The first-order valence-electron chi connectivity index (χ1n) is 5.58. The molecule has 0 saturated heterocycles. The molecule has 1 aromatic heterocycles. The van der Waals surface area contributed by atoms with Crippen LogP contribution >= 0.6 is 0 Å². The molecule has 0 atom stereocenters. The Morgan fingerprint density at radius 1 is 1.42 bits per heavy atom. The number of carbonyl (C=O) groups is 1. The molecule has 1 aromatic rings. The van der Waals surface area contributed by atoms with Gasteiger partial charge in [0.05, 0.1) is 6.54 Å². The predicted octanol–water partition coefficient (Wildman–Crippen LogP) is 1.43. The molecule has 1 aliphatic rings. The number of carbonyl (C=O) groups excluding carboxylic acids is 1. The average molecular weight is 272 g/mol. The van der Waals surface area contributed by atoms with Crippen LogP contribution in [0.5, 0.6) is 0 Å². The smallest absolute Gasteiger partial charge is 0.354 e. The fourth-order valence-electron chi connectivity index (χ4n) is 1.71. The zero-order valence-corrected chi connectivity index (χ0v) is 9.83. The second kappa shape index (κ2) is 5.73. The second-order valence-electron chi connectivity index (χ2n) is 3.99. The van der Waals surface area contributed by atoms with Gasteiger partial charge in [-0.25, -0.2) is 18.6 Å². The van der Waals surface area contributed by atoms with Gasteiger partial charge in [-0.05, 0) is 11.6 Å². The molecule has 0 saturated carbocycles. The highest BCUT2D eigenvalue weighted by molar-refractivity contribution is 5.91. The monoisotopic (exact) mass is 272 g/mol. The Morgan fingerprint density at radius 3 is 2.84 bits per heavy atom. The van der Waals surface area contributed by atoms with Crippen LogP contribution in [-0.2, 0) is 16.0 Å². The van der Waals surface area contributed by atoms with Crippen LogP contribution in [0.1, 0.15) is 5.56 Å². The van der Waals surface area contributed by atoms with Gasteiger partial charge in [-0.3, -0.25) is 0 Å². The molecule has 0 aliphatic carbocycles. The molecule has 19 heavy (non-hydrogen) atoms. The Hall–Kier alpha value is -2.05. The Balaban J connectivity index is 2.11. The van der Waals surface area contributed by atoms with E-state index in [1.54, 1.807) is 0 Å². The molecule has 0 aromatic carbocycles. The predicted molar refractivity (Wildman–Crippen MR) is 59.9 cm³/mol. The molecular formula is C12H11F3N2O2. The SMILES string of the molecule is O=C1OCC(Cc2ccc(F)nc2)=C1NCC(F)F. The molecule has 0 unspecified atom stereocenters. The first kappa shape index (κ1) is 13.4. The first-order valence-corrected chi connectivity index (χ1v) is 5.58. The van der Waals surface area contributed by atoms with E-state index in [2.05, 4.69) is 10.3 Å². The molecule has 1 N–H and O–H groups in total. The van der Waals surface area contributed by atoms with Gasteiger partial charge in [0.25, 0.3) is 6.43 Å². The molecule has 0 fully saturated rings. The van der Waals surface area contributed by atoms with E-state index in [4.69, 9.17) is 4.74 Å². The number of halogens is 3. The molecule has 1 aliphatic heterocycles. The van der Waals surface area contributed by atoms with Crippen molar-refractivity contribution in [2.45, 2.75) is 12.8 Å². The highest BCUT2D eigenvalue weighted by Crippen LogP contribution is 2.18. The van der Waals surface area contributed by atoms with Gasteiger partial charge < -0.3 is 10.1 Å². The van der Waals surface area contributed by atoms with Gasteiger partial charge in [0.1, 0.15) is 12.3 Å². The quantitative estimate of drug-likeness (QED) is 0.650. The molecule has 4 nitrogen and oxygen atoms in total. The maximum atomic E-state index is 12.7. The summed E-state index contributed by atoms with van der Waals surface area (Å²) in [5, 5.41) is 2.37. The summed E-state index contributed by atoms with van der Waals surface area (Å²) in [5.74, 6) is -1.25. The minimum atomic E-state index is -2.56. The topological polar surface area (TPSA) is 51.2 Å². The van der Waals surface area contributed by atoms with E-state index in [0.717, 1.165) is 0 Å². The number of cyclic esters (lactones) is 1. The lowest BCUT2D eigenvalue weighted by Gasteiger charge is -2.06. The number of alkyl halides is 2. The van der Waals surface area contributed by atoms with Gasteiger partial charge in [0, 0.05) is 18.2 Å². The number of hydrogen-bond acceptors (Lipinski definition) is 4. The van der Waals surface area contributed by atoms with Crippen molar-refractivity contribution in [3.05, 3.63) is 41.1 Å². The van der Waals surface area contributed by atoms with Crippen molar-refractivity contribution in [1.82, 2.24) is 10.3 Å². The normalized spacial score (nSPS) is 15.1. The second-order valence-corrected chi connectivity index (χ2v) is 3.99. The minimum Gasteiger partial charge on any atom is -0.456 e. The number of rotatable bonds is 5. The van der Waals surface area contributed by atoms with E-state index in [1.807, 2.05) is 0 Å². The summed E-state index contributed by atoms with van der Waals surface area (Å²) < 4.78 is 41.7. The summed E-state index contributed by atoms with van der Waals surface area (Å²) >= 11 is 0. The molecule has 0 bridgehead atoms. The number of aromatic nitrogens is 1. The van der Waals surface area contributed by atoms with Crippen LogP contribution in [0.15, 0.2) is 29.6 Å². The van der Waals surface area contributed by atoms with Gasteiger partial charge in [-0.15, -0.1) is 0 Å². The zero-order valence-electron chi connectivity index (χ0n) is 9.83. The average Bonchev–Trinajstić information content (AvgIpc) is 2.70. The van der Waals surface area contributed by atoms with Crippen LogP contribution in [0.2, 0.25) is 0 Å². The highest BCUT2D eigenvalue weighted by Gasteiger charge is 2.25. The van der Waals surface area contributed by atoms with Crippen molar-refractivity contribution in [3.63, 3.8) is 0 Å². The van der Waals surface area contributed by atoms with Gasteiger partial charge in [0.2, 0.25) is 5.95 Å². The van der Waals surface area contributed by atoms with E-state index in [0.29, 0.717) is 17.6 Å². The number of pyridine rings is 1. The molecular weight excluding hydrogens is 261 g/mol. The maximum Gasteiger partial charge on any atom is 0.354 e. The van der Waals surface area contributed by atoms with Crippen molar-refractivity contribution in [2.75, 3.05) is 13.2 Å². The number of nitrogens with zero attached hydrogens (tertiary/aromatic N) is 1. The Labute approximate surface area is 107 Å². The first-order chi connectivity index (χ1) is 9.06. The lowest BCUT2D eigenvalue weighted by molar-refractivity contribution is -0.136. The highest BCUT2D eigenvalue weighted by atomic mass is 19.3. The number of ether oxygens (including phenoxy) is 1. The van der Waals surface area contributed by atoms with Gasteiger partial charge in [0.15, 0.2) is 0 Å². The van der Waals surface area contributed by atoms with Crippen LogP contribution in [0, 0.1) is 5.95 Å². The summed E-state index contributed by atoms with van der Waals surface area (Å²) in [4.78, 5) is 14.9. The fourth-order valence-corrected chi connectivity index (χ4v) is 1.71. The third-order valence-corrected chi connectivity index (χ3v) is 2.57. The maximum absolute atomic E-state index is 12.7. The number of esters is 1. The Kier molecular flexibility index (Phi) is 4.03. The van der Waals surface area contributed by atoms with Crippen LogP contribution in [0.4, 0.5) is 13.2 Å². The fraction of sp³-hybridized carbons (Fsp3) is 0.333. The van der Waals surface area contributed by atoms with E-state index in [9.17, 15) is 18.0 Å². The Bertz CT molecular complexity index is 500. The summed E-state index contributed by atoms with van der Waals surface area (Å²) in [7, 11) is 0. The van der Waals surface area contributed by atoms with Gasteiger partial charge >= 0.3 is 5.97 Å². The standard InChI is InChI=1S/C12H11F3N2O2/c13-9(14)5-17-11-8(6-19-12(11)18)3-7-1-2-10(15)16-4-7/h1-2,4,9,17H,3,5-6H2. The molecule has 2 rings (SSSR count). The van der Waals surface area contributed by atoms with Crippen molar-refractivity contribution < 1.29 is 22.7 Å². The molecule has 0 amide bonds. The molecule has 2 heterocycles. The third-order valence-electron chi connectivity index (χ3n) is 2.57. The third kappa shape index (κ3) is 3.46. The van der Waals surface area contributed by atoms with Crippen molar-refractivity contribution in [2.24, 2.45) is 0 Å². The van der Waals surface area contributed by atoms with Crippen molar-refractivity contribution in [1.29, 1.82) is 0 Å². The molecule has 7 heteroatoms. The zero-order chi connectivity index (χ0) is 13.8. The minimum absolute atomic E-state index is 0.0434. The van der Waals surface area contributed by atoms with Crippen molar-refractivity contribution in [3.8, 4) is 0 Å². The van der Waals surface area contributed by atoms with Gasteiger partial charge in [-0.1, -0.05) is 6.07 Å². The lowest BCUT2D eigenvalue weighted by atomic mass is 10.1. The van der Waals surface area contributed by atoms with Crippen molar-refractivity contribution >= 4 is 5.97 Å². The Morgan fingerprint density at radius 2 is 2.21 bits per heavy atom.